The molecule has 0 radical (unpaired) electrons. The molecule has 0 fully saturated rings. The van der Waals surface area contributed by atoms with E-state index >= 15 is 0 Å². The smallest absolute Gasteiger partial charge is 0.243 e. The van der Waals surface area contributed by atoms with E-state index in [1.807, 2.05) is 13.8 Å². The van der Waals surface area contributed by atoms with Crippen LogP contribution in [0.3, 0.4) is 0 Å². The summed E-state index contributed by atoms with van der Waals surface area (Å²) in [6, 6.07) is 5.64. The Kier molecular flexibility index (Phi) is 7.66. The number of phenolic OH excluding ortho intramolecular Hbond substituents is 1. The molecule has 21 heavy (non-hydrogen) atoms. The van der Waals surface area contributed by atoms with Crippen LogP contribution in [0.5, 0.6) is 5.75 Å². The van der Waals surface area contributed by atoms with Crippen molar-refractivity contribution in [3.05, 3.63) is 24.3 Å². The monoisotopic (exact) mass is 317 g/mol. The van der Waals surface area contributed by atoms with E-state index in [0.717, 1.165) is 0 Å². The van der Waals surface area contributed by atoms with Crippen LogP contribution in [0, 0.1) is 0 Å². The predicted octanol–water partition coefficient (Wildman–Crippen LogP) is 1.46. The molecule has 0 aliphatic rings. The first-order valence-corrected chi connectivity index (χ1v) is 8.41. The third kappa shape index (κ3) is 5.62. The van der Waals surface area contributed by atoms with Gasteiger partial charge in [-0.1, -0.05) is 6.07 Å². The van der Waals surface area contributed by atoms with Crippen molar-refractivity contribution in [1.82, 2.24) is 4.31 Å². The van der Waals surface area contributed by atoms with Crippen LogP contribution >= 0.6 is 0 Å². The fourth-order valence-corrected chi connectivity index (χ4v) is 3.21. The van der Waals surface area contributed by atoms with Crippen molar-refractivity contribution in [1.29, 1.82) is 0 Å². The molecule has 0 saturated heterocycles. The van der Waals surface area contributed by atoms with Crippen molar-refractivity contribution in [3.8, 4) is 5.75 Å². The second-order valence-electron chi connectivity index (χ2n) is 4.30. The van der Waals surface area contributed by atoms with E-state index in [1.165, 1.54) is 28.6 Å². The molecule has 0 aliphatic carbocycles. The Morgan fingerprint density at radius 1 is 1.10 bits per heavy atom. The summed E-state index contributed by atoms with van der Waals surface area (Å²) >= 11 is 0. The summed E-state index contributed by atoms with van der Waals surface area (Å²) in [7, 11) is -3.67. The molecular formula is C14H23NO5S. The molecule has 0 unspecified atom stereocenters. The fourth-order valence-electron chi connectivity index (χ4n) is 1.77. The maximum atomic E-state index is 12.6. The highest BCUT2D eigenvalue weighted by Gasteiger charge is 2.24. The van der Waals surface area contributed by atoms with Crippen molar-refractivity contribution in [3.63, 3.8) is 0 Å². The lowest BCUT2D eigenvalue weighted by atomic mass is 10.3. The molecule has 0 heterocycles. The minimum atomic E-state index is -3.67. The Morgan fingerprint density at radius 2 is 1.67 bits per heavy atom. The molecular weight excluding hydrogens is 294 g/mol. The molecule has 1 aromatic rings. The minimum absolute atomic E-state index is 0.0653. The lowest BCUT2D eigenvalue weighted by Gasteiger charge is -2.22. The first kappa shape index (κ1) is 17.9. The van der Waals surface area contributed by atoms with Crippen molar-refractivity contribution >= 4 is 10.0 Å². The lowest BCUT2D eigenvalue weighted by Crippen LogP contribution is -2.36. The molecule has 1 aromatic carbocycles. The zero-order chi connectivity index (χ0) is 15.7. The minimum Gasteiger partial charge on any atom is -0.508 e. The summed E-state index contributed by atoms with van der Waals surface area (Å²) < 4.78 is 36.9. The molecule has 0 atom stereocenters. The molecule has 1 N–H and O–H groups in total. The molecule has 0 aromatic heterocycles. The molecule has 7 heteroatoms. The van der Waals surface area contributed by atoms with E-state index in [2.05, 4.69) is 0 Å². The third-order valence-electron chi connectivity index (χ3n) is 2.83. The summed E-state index contributed by atoms with van der Waals surface area (Å²) in [6.45, 7) is 5.92. The second-order valence-corrected chi connectivity index (χ2v) is 6.23. The number of phenols is 1. The summed E-state index contributed by atoms with van der Waals surface area (Å²) in [4.78, 5) is 0.0653. The van der Waals surface area contributed by atoms with Crippen LogP contribution < -0.4 is 0 Å². The molecule has 0 bridgehead atoms. The molecule has 1 rings (SSSR count). The molecule has 120 valence electrons. The van der Waals surface area contributed by atoms with Crippen LogP contribution in [0.2, 0.25) is 0 Å². The van der Waals surface area contributed by atoms with Gasteiger partial charge < -0.3 is 14.6 Å². The van der Waals surface area contributed by atoms with E-state index in [-0.39, 0.29) is 23.7 Å². The van der Waals surface area contributed by atoms with Crippen molar-refractivity contribution in [2.75, 3.05) is 39.5 Å². The van der Waals surface area contributed by atoms with Crippen LogP contribution in [-0.4, -0.2) is 57.3 Å². The van der Waals surface area contributed by atoms with E-state index < -0.39 is 10.0 Å². The quantitative estimate of drug-likeness (QED) is 0.661. The maximum Gasteiger partial charge on any atom is 0.243 e. The van der Waals surface area contributed by atoms with Gasteiger partial charge in [0.05, 0.1) is 18.1 Å². The largest absolute Gasteiger partial charge is 0.508 e. The van der Waals surface area contributed by atoms with Crippen molar-refractivity contribution in [2.24, 2.45) is 0 Å². The number of sulfonamides is 1. The molecule has 0 spiro atoms. The van der Waals surface area contributed by atoms with E-state index in [9.17, 15) is 13.5 Å². The highest BCUT2D eigenvalue weighted by Crippen LogP contribution is 2.19. The topological polar surface area (TPSA) is 76.1 Å². The van der Waals surface area contributed by atoms with Gasteiger partial charge in [0.2, 0.25) is 10.0 Å². The van der Waals surface area contributed by atoms with Gasteiger partial charge in [0.1, 0.15) is 5.75 Å². The van der Waals surface area contributed by atoms with Gasteiger partial charge in [-0.15, -0.1) is 0 Å². The van der Waals surface area contributed by atoms with Gasteiger partial charge in [-0.3, -0.25) is 0 Å². The van der Waals surface area contributed by atoms with Gasteiger partial charge in [0, 0.05) is 26.3 Å². The van der Waals surface area contributed by atoms with Gasteiger partial charge in [-0.25, -0.2) is 8.42 Å². The van der Waals surface area contributed by atoms with Gasteiger partial charge in [-0.2, -0.15) is 4.31 Å². The average Bonchev–Trinajstić information content (AvgIpc) is 2.46. The van der Waals surface area contributed by atoms with Crippen molar-refractivity contribution in [2.45, 2.75) is 18.7 Å². The average molecular weight is 317 g/mol. The maximum absolute atomic E-state index is 12.6. The molecule has 0 aliphatic heterocycles. The van der Waals surface area contributed by atoms with Gasteiger partial charge in [-0.05, 0) is 32.0 Å². The van der Waals surface area contributed by atoms with Crippen LogP contribution in [0.15, 0.2) is 29.2 Å². The second kappa shape index (κ2) is 8.99. The summed E-state index contributed by atoms with van der Waals surface area (Å²) in [5.41, 5.74) is 0. The zero-order valence-corrected chi connectivity index (χ0v) is 13.3. The number of aromatic hydroxyl groups is 1. The Hall–Kier alpha value is -1.15. The first-order chi connectivity index (χ1) is 10.0. The predicted molar refractivity (Wildman–Crippen MR) is 79.9 cm³/mol. The van der Waals surface area contributed by atoms with E-state index in [0.29, 0.717) is 26.4 Å². The van der Waals surface area contributed by atoms with Gasteiger partial charge in [0.25, 0.3) is 0 Å². The zero-order valence-electron chi connectivity index (χ0n) is 12.5. The number of hydrogen-bond acceptors (Lipinski definition) is 5. The highest BCUT2D eigenvalue weighted by atomic mass is 32.2. The van der Waals surface area contributed by atoms with Gasteiger partial charge in [0.15, 0.2) is 0 Å². The summed E-state index contributed by atoms with van der Waals surface area (Å²) in [5, 5.41) is 9.45. The highest BCUT2D eigenvalue weighted by molar-refractivity contribution is 7.89. The van der Waals surface area contributed by atoms with E-state index in [1.54, 1.807) is 0 Å². The fraction of sp³-hybridized carbons (Fsp3) is 0.571. The van der Waals surface area contributed by atoms with Crippen molar-refractivity contribution < 1.29 is 23.0 Å². The third-order valence-corrected chi connectivity index (χ3v) is 4.73. The SMILES string of the molecule is CCOCCN(CCOCC)S(=O)(=O)c1cccc(O)c1. The summed E-state index contributed by atoms with van der Waals surface area (Å²) in [5.74, 6) is -0.0781. The van der Waals surface area contributed by atoms with Crippen LogP contribution in [-0.2, 0) is 19.5 Å². The molecule has 6 nitrogen and oxygen atoms in total. The normalized spacial score (nSPS) is 12.0. The standard InChI is InChI=1S/C14H23NO5S/c1-3-19-10-8-15(9-11-20-4-2)21(17,18)14-7-5-6-13(16)12-14/h5-7,12,16H,3-4,8-11H2,1-2H3. The van der Waals surface area contributed by atoms with Crippen LogP contribution in [0.4, 0.5) is 0 Å². The molecule has 0 amide bonds. The Morgan fingerprint density at radius 3 is 2.14 bits per heavy atom. The Bertz CT molecular complexity index is 508. The van der Waals surface area contributed by atoms with E-state index in [4.69, 9.17) is 9.47 Å². The first-order valence-electron chi connectivity index (χ1n) is 6.97. The van der Waals surface area contributed by atoms with Crippen LogP contribution in [0.1, 0.15) is 13.8 Å². The number of rotatable bonds is 10. The molecule has 0 saturated carbocycles. The number of hydrogen-bond donors (Lipinski definition) is 1. The Labute approximate surface area is 126 Å². The lowest BCUT2D eigenvalue weighted by molar-refractivity contribution is 0.110. The Balaban J connectivity index is 2.87. The number of nitrogens with zero attached hydrogens (tertiary/aromatic N) is 1. The summed E-state index contributed by atoms with van der Waals surface area (Å²) in [6.07, 6.45) is 0. The number of ether oxygens (including phenoxy) is 2. The number of benzene rings is 1. The van der Waals surface area contributed by atoms with Gasteiger partial charge >= 0.3 is 0 Å². The van der Waals surface area contributed by atoms with Crippen LogP contribution in [0.25, 0.3) is 0 Å².